The second-order valence-corrected chi connectivity index (χ2v) is 2.80. The van der Waals surface area contributed by atoms with Gasteiger partial charge in [0.05, 0.1) is 6.54 Å². The van der Waals surface area contributed by atoms with Crippen LogP contribution in [0.1, 0.15) is 17.3 Å². The normalized spacial score (nSPS) is 9.21. The Morgan fingerprint density at radius 3 is 2.93 bits per heavy atom. The third kappa shape index (κ3) is 2.33. The number of carbonyl (C=O) groups is 1. The smallest absolute Gasteiger partial charge is 0.161 e. The van der Waals surface area contributed by atoms with Crippen LogP contribution in [0.3, 0.4) is 0 Å². The Morgan fingerprint density at radius 1 is 1.64 bits per heavy atom. The van der Waals surface area contributed by atoms with Gasteiger partial charge in [-0.1, -0.05) is 5.92 Å². The fourth-order valence-corrected chi connectivity index (χ4v) is 1.12. The molecule has 0 aliphatic rings. The van der Waals surface area contributed by atoms with Gasteiger partial charge in [-0.3, -0.25) is 4.79 Å². The van der Waals surface area contributed by atoms with E-state index in [-0.39, 0.29) is 12.3 Å². The van der Waals surface area contributed by atoms with E-state index < -0.39 is 5.82 Å². The van der Waals surface area contributed by atoms with Gasteiger partial charge in [-0.05, 0) is 25.1 Å². The molecule has 0 radical (unpaired) electrons. The van der Waals surface area contributed by atoms with Crippen LogP contribution in [0.5, 0.6) is 0 Å². The van der Waals surface area contributed by atoms with E-state index in [9.17, 15) is 9.18 Å². The molecule has 0 fully saturated rings. The van der Waals surface area contributed by atoms with Crippen molar-refractivity contribution in [3.8, 4) is 12.3 Å². The quantitative estimate of drug-likeness (QED) is 0.585. The highest BCUT2D eigenvalue weighted by Crippen LogP contribution is 2.17. The molecule has 1 rings (SSSR count). The number of Topliss-reactive ketones (excluding diaryl/α,β-unsaturated/α-hetero) is 1. The number of benzene rings is 1. The number of carbonyl (C=O) groups excluding carboxylic acids is 1. The van der Waals surface area contributed by atoms with Gasteiger partial charge >= 0.3 is 0 Å². The minimum atomic E-state index is -0.394. The second-order valence-electron chi connectivity index (χ2n) is 2.80. The minimum Gasteiger partial charge on any atom is -0.373 e. The predicted octanol–water partition coefficient (Wildman–Crippen LogP) is 2.07. The molecule has 0 aliphatic carbocycles. The summed E-state index contributed by atoms with van der Waals surface area (Å²) >= 11 is 0. The van der Waals surface area contributed by atoms with Gasteiger partial charge in [-0.25, -0.2) is 4.39 Å². The molecule has 2 nitrogen and oxygen atoms in total. The molecule has 3 heteroatoms. The number of hydrogen-bond donors (Lipinski definition) is 1. The summed E-state index contributed by atoms with van der Waals surface area (Å²) in [7, 11) is 0. The van der Waals surface area contributed by atoms with Gasteiger partial charge in [-0.2, -0.15) is 0 Å². The zero-order chi connectivity index (χ0) is 10.6. The molecule has 0 bridgehead atoms. The number of terminal acetylenes is 1. The van der Waals surface area contributed by atoms with Crippen LogP contribution in [0.4, 0.5) is 10.1 Å². The first-order chi connectivity index (χ1) is 6.65. The summed E-state index contributed by atoms with van der Waals surface area (Å²) in [6.07, 6.45) is 5.05. The number of anilines is 1. The molecule has 0 spiro atoms. The highest BCUT2D eigenvalue weighted by molar-refractivity contribution is 5.99. The van der Waals surface area contributed by atoms with Crippen molar-refractivity contribution < 1.29 is 9.18 Å². The topological polar surface area (TPSA) is 29.1 Å². The Hall–Kier alpha value is -1.82. The fraction of sp³-hybridized carbons (Fsp3) is 0.182. The van der Waals surface area contributed by atoms with Crippen molar-refractivity contribution in [2.45, 2.75) is 6.92 Å². The molecule has 0 unspecified atom stereocenters. The van der Waals surface area contributed by atoms with Crippen molar-refractivity contribution in [3.05, 3.63) is 29.6 Å². The van der Waals surface area contributed by atoms with Gasteiger partial charge in [0.2, 0.25) is 0 Å². The Labute approximate surface area is 82.1 Å². The van der Waals surface area contributed by atoms with Crippen LogP contribution >= 0.6 is 0 Å². The van der Waals surface area contributed by atoms with Gasteiger partial charge in [-0.15, -0.1) is 6.42 Å². The lowest BCUT2D eigenvalue weighted by molar-refractivity contribution is 0.101. The Balaban J connectivity index is 3.04. The summed E-state index contributed by atoms with van der Waals surface area (Å²) in [6, 6.07) is 3.95. The molecule has 1 N–H and O–H groups in total. The second kappa shape index (κ2) is 4.43. The maximum absolute atomic E-state index is 12.8. The van der Waals surface area contributed by atoms with E-state index in [1.807, 2.05) is 0 Å². The van der Waals surface area contributed by atoms with E-state index in [1.54, 1.807) is 0 Å². The van der Waals surface area contributed by atoms with Crippen LogP contribution in [-0.4, -0.2) is 12.3 Å². The average molecular weight is 191 g/mol. The molecule has 0 saturated heterocycles. The monoisotopic (exact) mass is 191 g/mol. The first-order valence-electron chi connectivity index (χ1n) is 4.13. The van der Waals surface area contributed by atoms with Gasteiger partial charge in [0.15, 0.2) is 5.78 Å². The molecule has 1 aromatic carbocycles. The summed E-state index contributed by atoms with van der Waals surface area (Å²) in [5.41, 5.74) is 0.886. The van der Waals surface area contributed by atoms with Gasteiger partial charge in [0.1, 0.15) is 5.82 Å². The third-order valence-corrected chi connectivity index (χ3v) is 1.74. The third-order valence-electron chi connectivity index (χ3n) is 1.74. The standard InChI is InChI=1S/C11H10FNO/c1-3-6-13-11-7-9(12)4-5-10(11)8(2)14/h1,4-5,7,13H,6H2,2H3. The van der Waals surface area contributed by atoms with Crippen molar-refractivity contribution in [2.75, 3.05) is 11.9 Å². The molecule has 1 aromatic rings. The molecule has 0 atom stereocenters. The lowest BCUT2D eigenvalue weighted by atomic mass is 10.1. The lowest BCUT2D eigenvalue weighted by Crippen LogP contribution is -2.05. The van der Waals surface area contributed by atoms with Crippen molar-refractivity contribution >= 4 is 11.5 Å². The first kappa shape index (κ1) is 10.3. The van der Waals surface area contributed by atoms with Crippen LogP contribution in [0.25, 0.3) is 0 Å². The molecule has 0 aromatic heterocycles. The number of ketones is 1. The Morgan fingerprint density at radius 2 is 2.36 bits per heavy atom. The maximum atomic E-state index is 12.8. The van der Waals surface area contributed by atoms with Crippen molar-refractivity contribution in [1.82, 2.24) is 0 Å². The van der Waals surface area contributed by atoms with Crippen LogP contribution in [-0.2, 0) is 0 Å². The molecule has 0 heterocycles. The summed E-state index contributed by atoms with van der Waals surface area (Å²) in [4.78, 5) is 11.1. The van der Waals surface area contributed by atoms with Crippen molar-refractivity contribution in [2.24, 2.45) is 0 Å². The number of rotatable bonds is 3. The predicted molar refractivity (Wildman–Crippen MR) is 53.7 cm³/mol. The summed E-state index contributed by atoms with van der Waals surface area (Å²) in [5, 5.41) is 2.79. The van der Waals surface area contributed by atoms with Gasteiger partial charge in [0.25, 0.3) is 0 Å². The molecule has 0 amide bonds. The Kier molecular flexibility index (Phi) is 3.24. The van der Waals surface area contributed by atoms with Crippen LogP contribution in [0, 0.1) is 18.2 Å². The highest BCUT2D eigenvalue weighted by Gasteiger charge is 2.07. The molecular formula is C11H10FNO. The first-order valence-corrected chi connectivity index (χ1v) is 4.13. The van der Waals surface area contributed by atoms with E-state index in [0.717, 1.165) is 0 Å². The van der Waals surface area contributed by atoms with Crippen LogP contribution in [0.2, 0.25) is 0 Å². The van der Waals surface area contributed by atoms with E-state index >= 15 is 0 Å². The lowest BCUT2D eigenvalue weighted by Gasteiger charge is -2.07. The van der Waals surface area contributed by atoms with Crippen molar-refractivity contribution in [3.63, 3.8) is 0 Å². The molecular weight excluding hydrogens is 181 g/mol. The van der Waals surface area contributed by atoms with Gasteiger partial charge in [0, 0.05) is 11.3 Å². The number of nitrogens with one attached hydrogen (secondary N) is 1. The van der Waals surface area contributed by atoms with E-state index in [0.29, 0.717) is 11.3 Å². The molecule has 0 aliphatic heterocycles. The average Bonchev–Trinajstić information content (AvgIpc) is 2.14. The number of halogens is 1. The SMILES string of the molecule is C#CCNc1cc(F)ccc1C(C)=O. The highest BCUT2D eigenvalue weighted by atomic mass is 19.1. The van der Waals surface area contributed by atoms with Crippen molar-refractivity contribution in [1.29, 1.82) is 0 Å². The summed E-state index contributed by atoms with van der Waals surface area (Å²) in [6.45, 7) is 1.69. The summed E-state index contributed by atoms with van der Waals surface area (Å²) < 4.78 is 12.8. The maximum Gasteiger partial charge on any atom is 0.161 e. The fourth-order valence-electron chi connectivity index (χ4n) is 1.12. The number of hydrogen-bond acceptors (Lipinski definition) is 2. The Bertz CT molecular complexity index is 393. The van der Waals surface area contributed by atoms with Crippen LogP contribution < -0.4 is 5.32 Å². The van der Waals surface area contributed by atoms with Gasteiger partial charge < -0.3 is 5.32 Å². The van der Waals surface area contributed by atoms with Crippen LogP contribution in [0.15, 0.2) is 18.2 Å². The van der Waals surface area contributed by atoms with E-state index in [4.69, 9.17) is 6.42 Å². The van der Waals surface area contributed by atoms with E-state index in [1.165, 1.54) is 25.1 Å². The zero-order valence-electron chi connectivity index (χ0n) is 7.80. The minimum absolute atomic E-state index is 0.121. The van der Waals surface area contributed by atoms with E-state index in [2.05, 4.69) is 11.2 Å². The zero-order valence-corrected chi connectivity index (χ0v) is 7.80. The molecule has 72 valence electrons. The molecule has 14 heavy (non-hydrogen) atoms. The largest absolute Gasteiger partial charge is 0.373 e. The molecule has 0 saturated carbocycles. The summed E-state index contributed by atoms with van der Waals surface area (Å²) in [5.74, 6) is 1.84.